The highest BCUT2D eigenvalue weighted by Crippen LogP contribution is 2.41. The minimum atomic E-state index is -0.784. The van der Waals surface area contributed by atoms with Crippen LogP contribution >= 0.6 is 0 Å². The largest absolute Gasteiger partial charge is 0.480 e. The smallest absolute Gasteiger partial charge is 0.326 e. The molecule has 1 aliphatic carbocycles. The van der Waals surface area contributed by atoms with Gasteiger partial charge in [-0.2, -0.15) is 0 Å². The zero-order valence-electron chi connectivity index (χ0n) is 9.15. The molecule has 1 atom stereocenters. The van der Waals surface area contributed by atoms with Gasteiger partial charge in [-0.15, -0.1) is 0 Å². The molecule has 0 saturated heterocycles. The lowest BCUT2D eigenvalue weighted by Crippen LogP contribution is -2.50. The molecule has 1 spiro atoms. The van der Waals surface area contributed by atoms with Crippen LogP contribution in [0.5, 0.6) is 0 Å². The van der Waals surface area contributed by atoms with Crippen LogP contribution in [0.4, 0.5) is 0 Å². The predicted molar refractivity (Wildman–Crippen MR) is 59.3 cm³/mol. The van der Waals surface area contributed by atoms with Crippen LogP contribution in [0.15, 0.2) is 18.3 Å². The summed E-state index contributed by atoms with van der Waals surface area (Å²) in [5.74, 6) is -0.784. The number of carboxylic acids is 1. The van der Waals surface area contributed by atoms with E-state index in [1.165, 1.54) is 12.8 Å². The molecule has 0 aromatic carbocycles. The molecule has 4 heteroatoms. The Labute approximate surface area is 94.3 Å². The molecular weight excluding hydrogens is 204 g/mol. The van der Waals surface area contributed by atoms with Crippen molar-refractivity contribution < 1.29 is 9.90 Å². The zero-order chi connectivity index (χ0) is 11.2. The van der Waals surface area contributed by atoms with Crippen molar-refractivity contribution in [2.45, 2.75) is 37.3 Å². The lowest BCUT2D eigenvalue weighted by atomic mass is 9.93. The highest BCUT2D eigenvalue weighted by atomic mass is 16.4. The molecule has 3 rings (SSSR count). The lowest BCUT2D eigenvalue weighted by Gasteiger charge is -2.39. The summed E-state index contributed by atoms with van der Waals surface area (Å²) < 4.78 is 2.20. The van der Waals surface area contributed by atoms with E-state index in [-0.39, 0.29) is 5.54 Å². The number of rotatable bonds is 1. The fourth-order valence-electron chi connectivity index (χ4n) is 3.21. The van der Waals surface area contributed by atoms with Crippen molar-refractivity contribution in [1.82, 2.24) is 9.88 Å². The van der Waals surface area contributed by atoms with E-state index in [1.807, 2.05) is 18.3 Å². The van der Waals surface area contributed by atoms with Gasteiger partial charge >= 0.3 is 5.97 Å². The lowest BCUT2D eigenvalue weighted by molar-refractivity contribution is -0.140. The first-order valence-corrected chi connectivity index (χ1v) is 5.87. The van der Waals surface area contributed by atoms with Gasteiger partial charge in [-0.1, -0.05) is 12.8 Å². The van der Waals surface area contributed by atoms with Crippen molar-refractivity contribution >= 4 is 5.97 Å². The normalized spacial score (nSPS) is 26.9. The summed E-state index contributed by atoms with van der Waals surface area (Å²) in [7, 11) is 0. The van der Waals surface area contributed by atoms with E-state index >= 15 is 0 Å². The van der Waals surface area contributed by atoms with Gasteiger partial charge in [0, 0.05) is 18.4 Å². The second-order valence-electron chi connectivity index (χ2n) is 4.89. The number of hydrogen-bond donors (Lipinski definition) is 2. The van der Waals surface area contributed by atoms with E-state index in [0.29, 0.717) is 0 Å². The third kappa shape index (κ3) is 1.23. The van der Waals surface area contributed by atoms with Gasteiger partial charge in [0.05, 0.1) is 5.54 Å². The molecule has 16 heavy (non-hydrogen) atoms. The van der Waals surface area contributed by atoms with Gasteiger partial charge in [0.2, 0.25) is 0 Å². The van der Waals surface area contributed by atoms with Crippen LogP contribution < -0.4 is 5.32 Å². The standard InChI is InChI=1S/C12H16N2O2/c15-11(16)10-9-4-3-7-14(9)12(8-13-10)5-1-2-6-12/h3-4,7,10,13H,1-2,5-6,8H2,(H,15,16)/t10-/m1/s1. The number of nitrogens with one attached hydrogen (secondary N) is 1. The van der Waals surface area contributed by atoms with Crippen LogP contribution in [-0.2, 0) is 10.3 Å². The van der Waals surface area contributed by atoms with Gasteiger partial charge in [0.1, 0.15) is 6.04 Å². The van der Waals surface area contributed by atoms with E-state index in [4.69, 9.17) is 5.11 Å². The Morgan fingerprint density at radius 2 is 2.25 bits per heavy atom. The summed E-state index contributed by atoms with van der Waals surface area (Å²) in [6.07, 6.45) is 6.85. The summed E-state index contributed by atoms with van der Waals surface area (Å²) in [5.41, 5.74) is 1.05. The summed E-state index contributed by atoms with van der Waals surface area (Å²) in [6, 6.07) is 3.34. The van der Waals surface area contributed by atoms with Crippen LogP contribution in [0.25, 0.3) is 0 Å². The molecule has 1 aliphatic heterocycles. The van der Waals surface area contributed by atoms with Crippen molar-refractivity contribution in [3.05, 3.63) is 24.0 Å². The van der Waals surface area contributed by atoms with E-state index < -0.39 is 12.0 Å². The van der Waals surface area contributed by atoms with Crippen LogP contribution in [0.1, 0.15) is 37.4 Å². The molecule has 1 aromatic heterocycles. The van der Waals surface area contributed by atoms with E-state index in [1.54, 1.807) is 0 Å². The molecular formula is C12H16N2O2. The highest BCUT2D eigenvalue weighted by molar-refractivity contribution is 5.75. The third-order valence-electron chi connectivity index (χ3n) is 4.00. The Morgan fingerprint density at radius 1 is 1.50 bits per heavy atom. The van der Waals surface area contributed by atoms with E-state index in [2.05, 4.69) is 9.88 Å². The molecule has 1 aromatic rings. The number of aromatic nitrogens is 1. The minimum absolute atomic E-state index is 0.144. The first-order chi connectivity index (χ1) is 7.73. The van der Waals surface area contributed by atoms with Gasteiger partial charge in [0.25, 0.3) is 0 Å². The van der Waals surface area contributed by atoms with Crippen molar-refractivity contribution in [3.8, 4) is 0 Å². The Morgan fingerprint density at radius 3 is 2.94 bits per heavy atom. The molecule has 0 bridgehead atoms. The van der Waals surface area contributed by atoms with Gasteiger partial charge in [-0.25, -0.2) is 0 Å². The Hall–Kier alpha value is -1.29. The van der Waals surface area contributed by atoms with Gasteiger partial charge in [0.15, 0.2) is 0 Å². The number of hydrogen-bond acceptors (Lipinski definition) is 2. The summed E-state index contributed by atoms with van der Waals surface area (Å²) in [4.78, 5) is 11.1. The monoisotopic (exact) mass is 220 g/mol. The van der Waals surface area contributed by atoms with Gasteiger partial charge in [-0.3, -0.25) is 10.1 Å². The second kappa shape index (κ2) is 3.35. The second-order valence-corrected chi connectivity index (χ2v) is 4.89. The fourth-order valence-corrected chi connectivity index (χ4v) is 3.21. The topological polar surface area (TPSA) is 54.3 Å². The maximum Gasteiger partial charge on any atom is 0.326 e. The van der Waals surface area contributed by atoms with E-state index in [0.717, 1.165) is 25.1 Å². The number of fused-ring (bicyclic) bond motifs is 2. The number of aliphatic carboxylic acids is 1. The van der Waals surface area contributed by atoms with Crippen LogP contribution in [0.3, 0.4) is 0 Å². The Balaban J connectivity index is 2.05. The van der Waals surface area contributed by atoms with Crippen molar-refractivity contribution in [2.24, 2.45) is 0 Å². The van der Waals surface area contributed by atoms with Crippen LogP contribution in [0, 0.1) is 0 Å². The first-order valence-electron chi connectivity index (χ1n) is 5.87. The van der Waals surface area contributed by atoms with Crippen molar-refractivity contribution in [2.75, 3.05) is 6.54 Å². The van der Waals surface area contributed by atoms with Crippen LogP contribution in [0.2, 0.25) is 0 Å². The quantitative estimate of drug-likeness (QED) is 0.754. The van der Waals surface area contributed by atoms with Crippen molar-refractivity contribution in [3.63, 3.8) is 0 Å². The molecule has 2 aliphatic rings. The molecule has 4 nitrogen and oxygen atoms in total. The molecule has 0 radical (unpaired) electrons. The third-order valence-corrected chi connectivity index (χ3v) is 4.00. The maximum absolute atomic E-state index is 11.1. The van der Waals surface area contributed by atoms with Crippen molar-refractivity contribution in [1.29, 1.82) is 0 Å². The summed E-state index contributed by atoms with van der Waals surface area (Å²) >= 11 is 0. The molecule has 1 saturated carbocycles. The summed E-state index contributed by atoms with van der Waals surface area (Å²) in [5, 5.41) is 12.3. The number of nitrogens with zero attached hydrogens (tertiary/aromatic N) is 1. The first kappa shape index (κ1) is 9.90. The summed E-state index contributed by atoms with van der Waals surface area (Å²) in [6.45, 7) is 0.783. The number of carboxylic acid groups (broad SMARTS) is 1. The average molecular weight is 220 g/mol. The predicted octanol–water partition coefficient (Wildman–Crippen LogP) is 1.49. The molecule has 2 heterocycles. The number of carbonyl (C=O) groups is 1. The average Bonchev–Trinajstić information content (AvgIpc) is 2.87. The molecule has 0 unspecified atom stereocenters. The Bertz CT molecular complexity index is 418. The van der Waals surface area contributed by atoms with Gasteiger partial charge < -0.3 is 9.67 Å². The zero-order valence-corrected chi connectivity index (χ0v) is 9.15. The highest BCUT2D eigenvalue weighted by Gasteiger charge is 2.42. The molecule has 2 N–H and O–H groups in total. The Kier molecular flexibility index (Phi) is 2.07. The van der Waals surface area contributed by atoms with Crippen LogP contribution in [-0.4, -0.2) is 22.2 Å². The fraction of sp³-hybridized carbons (Fsp3) is 0.583. The SMILES string of the molecule is O=C(O)[C@@H]1NCC2(CCCC2)n2cccc21. The maximum atomic E-state index is 11.1. The van der Waals surface area contributed by atoms with E-state index in [9.17, 15) is 4.79 Å². The van der Waals surface area contributed by atoms with Gasteiger partial charge in [-0.05, 0) is 25.0 Å². The minimum Gasteiger partial charge on any atom is -0.480 e. The molecule has 86 valence electrons. The molecule has 1 fully saturated rings. The molecule has 0 amide bonds.